The van der Waals surface area contributed by atoms with Crippen LogP contribution in [-0.2, 0) is 0 Å². The van der Waals surface area contributed by atoms with E-state index < -0.39 is 0 Å². The van der Waals surface area contributed by atoms with Gasteiger partial charge in [-0.2, -0.15) is 5.10 Å². The summed E-state index contributed by atoms with van der Waals surface area (Å²) in [5.41, 5.74) is 1.72. The summed E-state index contributed by atoms with van der Waals surface area (Å²) in [5, 5.41) is 16.9. The first-order valence-electron chi connectivity index (χ1n) is 8.54. The largest absolute Gasteiger partial charge is 0.396 e. The van der Waals surface area contributed by atoms with Crippen LogP contribution in [0.25, 0.3) is 11.4 Å². The molecule has 1 atom stereocenters. The SMILES string of the molecule is CCC[C@@]1(CO)CCCN(C(=O)c2cc(-c3ccccn3)n[nH]2)C1. The number of likely N-dealkylation sites (tertiary alicyclic amines) is 1. The van der Waals surface area contributed by atoms with Crippen molar-refractivity contribution in [3.63, 3.8) is 0 Å². The molecule has 1 amide bonds. The van der Waals surface area contributed by atoms with E-state index >= 15 is 0 Å². The molecule has 0 saturated carbocycles. The van der Waals surface area contributed by atoms with Gasteiger partial charge in [-0.3, -0.25) is 14.9 Å². The van der Waals surface area contributed by atoms with E-state index in [1.165, 1.54) is 0 Å². The lowest BCUT2D eigenvalue weighted by atomic mass is 9.77. The van der Waals surface area contributed by atoms with Gasteiger partial charge in [0, 0.05) is 24.7 Å². The Labute approximate surface area is 141 Å². The minimum Gasteiger partial charge on any atom is -0.396 e. The lowest BCUT2D eigenvalue weighted by Crippen LogP contribution is -2.48. The van der Waals surface area contributed by atoms with E-state index in [2.05, 4.69) is 22.1 Å². The Morgan fingerprint density at radius 1 is 1.42 bits per heavy atom. The van der Waals surface area contributed by atoms with Crippen LogP contribution in [0.3, 0.4) is 0 Å². The van der Waals surface area contributed by atoms with E-state index in [4.69, 9.17) is 0 Å². The maximum atomic E-state index is 12.8. The molecule has 128 valence electrons. The minimum atomic E-state index is -0.160. The molecule has 0 bridgehead atoms. The molecule has 2 N–H and O–H groups in total. The fraction of sp³-hybridized carbons (Fsp3) is 0.500. The molecule has 0 radical (unpaired) electrons. The van der Waals surface area contributed by atoms with Gasteiger partial charge in [0.15, 0.2) is 0 Å². The number of carbonyl (C=O) groups is 1. The molecule has 1 aliphatic heterocycles. The van der Waals surface area contributed by atoms with Crippen LogP contribution in [0.4, 0.5) is 0 Å². The Kier molecular flexibility index (Phi) is 4.94. The zero-order valence-electron chi connectivity index (χ0n) is 14.0. The van der Waals surface area contributed by atoms with Gasteiger partial charge in [0.1, 0.15) is 11.4 Å². The molecule has 0 spiro atoms. The van der Waals surface area contributed by atoms with E-state index in [0.29, 0.717) is 17.9 Å². The predicted molar refractivity (Wildman–Crippen MR) is 91.4 cm³/mol. The number of carbonyl (C=O) groups excluding carboxylic acids is 1. The summed E-state index contributed by atoms with van der Waals surface area (Å²) >= 11 is 0. The van der Waals surface area contributed by atoms with Crippen molar-refractivity contribution < 1.29 is 9.90 Å². The number of pyridine rings is 1. The summed E-state index contributed by atoms with van der Waals surface area (Å²) in [5.74, 6) is -0.0571. The van der Waals surface area contributed by atoms with Crippen LogP contribution in [0.15, 0.2) is 30.5 Å². The molecule has 0 aliphatic carbocycles. The van der Waals surface area contributed by atoms with Gasteiger partial charge in [-0.15, -0.1) is 0 Å². The molecule has 3 heterocycles. The van der Waals surface area contributed by atoms with E-state index in [0.717, 1.165) is 37.9 Å². The van der Waals surface area contributed by atoms with Gasteiger partial charge in [0.2, 0.25) is 0 Å². The maximum absolute atomic E-state index is 12.8. The maximum Gasteiger partial charge on any atom is 0.271 e. The lowest BCUT2D eigenvalue weighted by molar-refractivity contribution is 0.0219. The van der Waals surface area contributed by atoms with Crippen LogP contribution >= 0.6 is 0 Å². The summed E-state index contributed by atoms with van der Waals surface area (Å²) < 4.78 is 0. The first kappa shape index (κ1) is 16.6. The number of H-pyrrole nitrogens is 1. The summed E-state index contributed by atoms with van der Waals surface area (Å²) in [7, 11) is 0. The third-order valence-electron chi connectivity index (χ3n) is 4.80. The normalized spacial score (nSPS) is 21.0. The van der Waals surface area contributed by atoms with Crippen molar-refractivity contribution in [2.24, 2.45) is 5.41 Å². The van der Waals surface area contributed by atoms with E-state index in [1.54, 1.807) is 12.3 Å². The molecule has 2 aromatic rings. The van der Waals surface area contributed by atoms with Crippen LogP contribution < -0.4 is 0 Å². The van der Waals surface area contributed by atoms with Crippen LogP contribution in [0, 0.1) is 5.41 Å². The highest BCUT2D eigenvalue weighted by atomic mass is 16.3. The zero-order valence-corrected chi connectivity index (χ0v) is 14.0. The smallest absolute Gasteiger partial charge is 0.271 e. The Morgan fingerprint density at radius 2 is 2.29 bits per heavy atom. The number of rotatable bonds is 5. The molecule has 1 aliphatic rings. The van der Waals surface area contributed by atoms with Gasteiger partial charge in [-0.25, -0.2) is 0 Å². The fourth-order valence-corrected chi connectivity index (χ4v) is 3.57. The number of aromatic nitrogens is 3. The molecule has 1 fully saturated rings. The number of aromatic amines is 1. The molecule has 0 aromatic carbocycles. The number of nitrogens with zero attached hydrogens (tertiary/aromatic N) is 3. The quantitative estimate of drug-likeness (QED) is 0.883. The highest BCUT2D eigenvalue weighted by Gasteiger charge is 2.36. The van der Waals surface area contributed by atoms with E-state index in [-0.39, 0.29) is 17.9 Å². The van der Waals surface area contributed by atoms with Crippen molar-refractivity contribution in [1.82, 2.24) is 20.1 Å². The second kappa shape index (κ2) is 7.13. The Balaban J connectivity index is 1.76. The monoisotopic (exact) mass is 328 g/mol. The molecular weight excluding hydrogens is 304 g/mol. The Morgan fingerprint density at radius 3 is 3.00 bits per heavy atom. The predicted octanol–water partition coefficient (Wildman–Crippen LogP) is 2.49. The Hall–Kier alpha value is -2.21. The second-order valence-corrected chi connectivity index (χ2v) is 6.62. The summed E-state index contributed by atoms with van der Waals surface area (Å²) in [6.45, 7) is 3.58. The number of amides is 1. The highest BCUT2D eigenvalue weighted by Crippen LogP contribution is 2.34. The summed E-state index contributed by atoms with van der Waals surface area (Å²) in [6.07, 6.45) is 5.55. The van der Waals surface area contributed by atoms with Gasteiger partial charge < -0.3 is 10.0 Å². The number of piperidine rings is 1. The van der Waals surface area contributed by atoms with Crippen LogP contribution in [0.2, 0.25) is 0 Å². The van der Waals surface area contributed by atoms with Gasteiger partial charge in [0.25, 0.3) is 5.91 Å². The van der Waals surface area contributed by atoms with Crippen molar-refractivity contribution in [3.8, 4) is 11.4 Å². The average molecular weight is 328 g/mol. The van der Waals surface area contributed by atoms with Gasteiger partial charge in [-0.1, -0.05) is 19.4 Å². The standard InChI is InChI=1S/C18H24N4O2/c1-2-7-18(13-23)8-5-10-22(12-18)17(24)16-11-15(20-21-16)14-6-3-4-9-19-14/h3-4,6,9,11,23H,2,5,7-8,10,12-13H2,1H3,(H,20,21)/t18-/m1/s1. The van der Waals surface area contributed by atoms with Crippen LogP contribution in [0.5, 0.6) is 0 Å². The van der Waals surface area contributed by atoms with Gasteiger partial charge in [-0.05, 0) is 37.5 Å². The van der Waals surface area contributed by atoms with E-state index in [1.807, 2.05) is 23.1 Å². The van der Waals surface area contributed by atoms with Crippen LogP contribution in [0.1, 0.15) is 43.1 Å². The number of hydrogen-bond donors (Lipinski definition) is 2. The number of aliphatic hydroxyl groups is 1. The molecule has 2 aromatic heterocycles. The van der Waals surface area contributed by atoms with Crippen molar-refractivity contribution in [2.75, 3.05) is 19.7 Å². The molecule has 6 heteroatoms. The molecule has 3 rings (SSSR count). The number of aliphatic hydroxyl groups excluding tert-OH is 1. The first-order valence-corrected chi connectivity index (χ1v) is 8.54. The van der Waals surface area contributed by atoms with Gasteiger partial charge in [0.05, 0.1) is 12.3 Å². The van der Waals surface area contributed by atoms with Crippen molar-refractivity contribution in [3.05, 3.63) is 36.2 Å². The van der Waals surface area contributed by atoms with E-state index in [9.17, 15) is 9.90 Å². The van der Waals surface area contributed by atoms with Crippen molar-refractivity contribution in [1.29, 1.82) is 0 Å². The second-order valence-electron chi connectivity index (χ2n) is 6.62. The summed E-state index contributed by atoms with van der Waals surface area (Å²) in [6, 6.07) is 7.35. The highest BCUT2D eigenvalue weighted by molar-refractivity contribution is 5.93. The fourth-order valence-electron chi connectivity index (χ4n) is 3.57. The lowest BCUT2D eigenvalue weighted by Gasteiger charge is -2.41. The molecule has 6 nitrogen and oxygen atoms in total. The van der Waals surface area contributed by atoms with Crippen LogP contribution in [-0.4, -0.2) is 50.8 Å². The topological polar surface area (TPSA) is 82.1 Å². The molecule has 1 saturated heterocycles. The molecule has 0 unspecified atom stereocenters. The van der Waals surface area contributed by atoms with Crippen molar-refractivity contribution >= 4 is 5.91 Å². The first-order chi connectivity index (χ1) is 11.7. The summed E-state index contributed by atoms with van der Waals surface area (Å²) in [4.78, 5) is 18.9. The third-order valence-corrected chi connectivity index (χ3v) is 4.80. The molecule has 24 heavy (non-hydrogen) atoms. The number of nitrogens with one attached hydrogen (secondary N) is 1. The number of hydrogen-bond acceptors (Lipinski definition) is 4. The van der Waals surface area contributed by atoms with Gasteiger partial charge >= 0.3 is 0 Å². The molecular formula is C18H24N4O2. The third kappa shape index (κ3) is 3.33. The Bertz CT molecular complexity index is 681. The minimum absolute atomic E-state index is 0.0571. The zero-order chi connectivity index (χ0) is 17.0. The average Bonchev–Trinajstić information content (AvgIpc) is 3.12. The van der Waals surface area contributed by atoms with Crippen molar-refractivity contribution in [2.45, 2.75) is 32.6 Å².